The maximum Gasteiger partial charge on any atom is 0.246 e. The van der Waals surface area contributed by atoms with E-state index in [2.05, 4.69) is 26.6 Å². The van der Waals surface area contributed by atoms with Gasteiger partial charge < -0.3 is 61.1 Å². The van der Waals surface area contributed by atoms with E-state index in [0.717, 1.165) is 9.80 Å². The Kier molecular flexibility index (Phi) is 31.4. The number of aliphatic hydroxyl groups is 1. The first-order chi connectivity index (χ1) is 38.8. The third-order valence-electron chi connectivity index (χ3n) is 15.6. The van der Waals surface area contributed by atoms with E-state index in [0.29, 0.717) is 6.42 Å². The van der Waals surface area contributed by atoms with Crippen LogP contribution in [0.5, 0.6) is 0 Å². The molecule has 1 rings (SSSR count). The molecule has 1 heterocycles. The number of nitrogens with zero attached hydrogens (tertiary/aromatic N) is 6. The van der Waals surface area contributed by atoms with Gasteiger partial charge in [-0.1, -0.05) is 109 Å². The summed E-state index contributed by atoms with van der Waals surface area (Å²) in [5.74, 6) is -9.87. The van der Waals surface area contributed by atoms with Crippen molar-refractivity contribution < 1.29 is 57.8 Å². The molecule has 1 aliphatic rings. The van der Waals surface area contributed by atoms with E-state index in [1.807, 2.05) is 55.4 Å². The molecule has 0 radical (unpaired) electrons. The normalized spacial score (nSPS) is 27.0. The summed E-state index contributed by atoms with van der Waals surface area (Å²) >= 11 is 0. The molecule has 0 bridgehead atoms. The largest absolute Gasteiger partial charge is 0.390 e. The summed E-state index contributed by atoms with van der Waals surface area (Å²) in [4.78, 5) is 166. The first-order valence-corrected chi connectivity index (χ1v) is 30.2. The molecule has 1 fully saturated rings. The quantitative estimate of drug-likeness (QED) is 0.129. The number of nitrogens with one attached hydrogen (secondary N) is 5. The molecule has 12 atom stereocenters. The van der Waals surface area contributed by atoms with Crippen molar-refractivity contribution in [2.24, 2.45) is 41.4 Å². The summed E-state index contributed by atoms with van der Waals surface area (Å²) < 4.78 is 0. The second-order valence-electron chi connectivity index (χ2n) is 25.7. The maximum absolute atomic E-state index is 15.0. The molecule has 0 aliphatic carbocycles. The van der Waals surface area contributed by atoms with Gasteiger partial charge >= 0.3 is 0 Å². The van der Waals surface area contributed by atoms with Gasteiger partial charge in [-0.05, 0) is 101 Å². The zero-order valence-corrected chi connectivity index (χ0v) is 55.1. The van der Waals surface area contributed by atoms with Gasteiger partial charge in [0.25, 0.3) is 0 Å². The zero-order valence-electron chi connectivity index (χ0n) is 55.1. The van der Waals surface area contributed by atoms with Crippen LogP contribution < -0.4 is 26.6 Å². The Bertz CT molecular complexity index is 2290. The molecule has 11 amide bonds. The first kappa shape index (κ1) is 75.9. The highest BCUT2D eigenvalue weighted by atomic mass is 16.3. The summed E-state index contributed by atoms with van der Waals surface area (Å²) in [5.41, 5.74) is 0. The summed E-state index contributed by atoms with van der Waals surface area (Å²) in [5, 5.41) is 25.9. The molecule has 0 aromatic rings. The maximum atomic E-state index is 15.0. The molecule has 0 spiro atoms. The minimum Gasteiger partial charge on any atom is -0.390 e. The van der Waals surface area contributed by atoms with E-state index in [9.17, 15) is 53.1 Å². The fourth-order valence-electron chi connectivity index (χ4n) is 10.4. The Labute approximate surface area is 502 Å². The van der Waals surface area contributed by atoms with Crippen molar-refractivity contribution in [2.45, 2.75) is 223 Å². The second kappa shape index (κ2) is 34.7. The Balaban J connectivity index is 4.27. The van der Waals surface area contributed by atoms with Gasteiger partial charge in [0.1, 0.15) is 60.4 Å². The standard InChI is InChI=1S/C61H109N11O12/c1-24-26-27-39(15)51(74)50-56(79)64-42(25-2)58(81)67(18)32-47(73)68(19)44(29-34(5)6)55(78)66-48(37(11)12)60(83)70(21)45(30-35(7)8)53(76)62-40(16)52(75)63-41(17)57(80)69(20)46(31-36(9)10)54(77)65-43(28-33(3)4)59(82)71(22)49(38(13)14)61(84)72(50)23/h24,26,33-46,48-51,74H,25,27-32H2,1-23H3,(H,62,76)(H,63,75)(H,64,79)(H,65,77)(H,66,78)/b26-24+/t39-,40+,41-,42+,43+,44+,45+,46+,48+,49+,50+,51-/m1/s1. The third kappa shape index (κ3) is 21.7. The SMILES string of the molecule is C/C=C/C[C@@H](C)[C@@H](O)[C@H]1C(=O)N[C@@H](CC)C(=O)N(C)CC(=O)N(C)[C@@H](CC(C)C)C(=O)N[C@@H](C(C)C)C(=O)N(C)[C@@H](CC(C)C)C(=O)N[C@@H](C)C(=O)N[C@H](C)C(=O)N(C)[C@@H](CC(C)C)C(=O)N[C@@H](CC(C)C)C(=O)N(C)[C@@H](C(C)C)C(=O)N1C. The Hall–Kier alpha value is -6.13. The summed E-state index contributed by atoms with van der Waals surface area (Å²) in [6.45, 7) is 29.2. The van der Waals surface area contributed by atoms with Crippen LogP contribution in [-0.4, -0.2) is 215 Å². The summed E-state index contributed by atoms with van der Waals surface area (Å²) in [6, 6.07) is -12.4. The highest BCUT2D eigenvalue weighted by molar-refractivity contribution is 5.99. The van der Waals surface area contributed by atoms with Crippen molar-refractivity contribution in [1.29, 1.82) is 0 Å². The van der Waals surface area contributed by atoms with Crippen LogP contribution in [0, 0.1) is 41.4 Å². The number of hydrogen-bond acceptors (Lipinski definition) is 12. The van der Waals surface area contributed by atoms with Gasteiger partial charge in [0, 0.05) is 42.3 Å². The van der Waals surface area contributed by atoms with Crippen molar-refractivity contribution in [1.82, 2.24) is 56.0 Å². The number of allylic oxidation sites excluding steroid dienone is 2. The van der Waals surface area contributed by atoms with Crippen molar-refractivity contribution in [3.8, 4) is 0 Å². The monoisotopic (exact) mass is 1190 g/mol. The molecule has 480 valence electrons. The number of rotatable bonds is 15. The molecule has 0 unspecified atom stereocenters. The van der Waals surface area contributed by atoms with Crippen LogP contribution in [0.25, 0.3) is 0 Å². The topological polar surface area (TPSA) is 288 Å². The summed E-state index contributed by atoms with van der Waals surface area (Å²) in [7, 11) is 8.39. The van der Waals surface area contributed by atoms with Crippen molar-refractivity contribution in [2.75, 3.05) is 48.8 Å². The van der Waals surface area contributed by atoms with Crippen molar-refractivity contribution in [3.05, 3.63) is 12.2 Å². The molecule has 23 heteroatoms. The zero-order chi connectivity index (χ0) is 65.1. The van der Waals surface area contributed by atoms with Gasteiger partial charge in [-0.3, -0.25) is 52.7 Å². The predicted molar refractivity (Wildman–Crippen MR) is 324 cm³/mol. The van der Waals surface area contributed by atoms with Crippen LogP contribution in [-0.2, 0) is 52.7 Å². The lowest BCUT2D eigenvalue weighted by Gasteiger charge is -2.40. The van der Waals surface area contributed by atoms with Crippen LogP contribution >= 0.6 is 0 Å². The number of carbonyl (C=O) groups is 11. The third-order valence-corrected chi connectivity index (χ3v) is 15.6. The van der Waals surface area contributed by atoms with E-state index in [4.69, 9.17) is 0 Å². The molecule has 0 aromatic carbocycles. The highest BCUT2D eigenvalue weighted by Crippen LogP contribution is 2.24. The molecule has 23 nitrogen and oxygen atoms in total. The second-order valence-corrected chi connectivity index (χ2v) is 25.7. The van der Waals surface area contributed by atoms with Gasteiger partial charge in [0.2, 0.25) is 65.0 Å². The van der Waals surface area contributed by atoms with E-state index in [1.54, 1.807) is 60.6 Å². The molecule has 1 saturated heterocycles. The molecule has 0 aromatic heterocycles. The number of hydrogen-bond donors (Lipinski definition) is 6. The minimum atomic E-state index is -1.61. The Morgan fingerprint density at radius 3 is 1.35 bits per heavy atom. The lowest BCUT2D eigenvalue weighted by atomic mass is 9.91. The molecular formula is C61H109N11O12. The van der Waals surface area contributed by atoms with Gasteiger partial charge in [-0.2, -0.15) is 0 Å². The smallest absolute Gasteiger partial charge is 0.246 e. The van der Waals surface area contributed by atoms with Crippen LogP contribution in [0.4, 0.5) is 0 Å². The van der Waals surface area contributed by atoms with Crippen molar-refractivity contribution >= 4 is 65.0 Å². The molecule has 1 aliphatic heterocycles. The van der Waals surface area contributed by atoms with E-state index >= 15 is 4.79 Å². The predicted octanol–water partition coefficient (Wildman–Crippen LogP) is 2.93. The molecule has 84 heavy (non-hydrogen) atoms. The Morgan fingerprint density at radius 2 is 0.893 bits per heavy atom. The molecular weight excluding hydrogens is 1080 g/mol. The fraction of sp³-hybridized carbons (Fsp3) is 0.787. The van der Waals surface area contributed by atoms with Crippen LogP contribution in [0.2, 0.25) is 0 Å². The van der Waals surface area contributed by atoms with Crippen LogP contribution in [0.15, 0.2) is 12.2 Å². The number of aliphatic hydroxyl groups excluding tert-OH is 1. The lowest BCUT2D eigenvalue weighted by molar-refractivity contribution is -0.154. The highest BCUT2D eigenvalue weighted by Gasteiger charge is 2.45. The average molecular weight is 1190 g/mol. The summed E-state index contributed by atoms with van der Waals surface area (Å²) in [6.07, 6.45) is 3.00. The fourth-order valence-corrected chi connectivity index (χ4v) is 10.4. The van der Waals surface area contributed by atoms with Gasteiger partial charge in [-0.25, -0.2) is 0 Å². The van der Waals surface area contributed by atoms with Crippen LogP contribution in [0.1, 0.15) is 156 Å². The van der Waals surface area contributed by atoms with Gasteiger partial charge in [-0.15, -0.1) is 0 Å². The van der Waals surface area contributed by atoms with E-state index in [1.165, 1.54) is 75.7 Å². The minimum absolute atomic E-state index is 0.0224. The molecule has 0 saturated carbocycles. The number of likely N-dealkylation sites (N-methyl/N-ethyl adjacent to an activating group) is 6. The van der Waals surface area contributed by atoms with Gasteiger partial charge in [0.15, 0.2) is 0 Å². The Morgan fingerprint density at radius 1 is 0.464 bits per heavy atom. The van der Waals surface area contributed by atoms with Crippen molar-refractivity contribution in [3.63, 3.8) is 0 Å². The van der Waals surface area contributed by atoms with E-state index in [-0.39, 0.29) is 55.8 Å². The first-order valence-electron chi connectivity index (χ1n) is 30.2. The average Bonchev–Trinajstić information content (AvgIpc) is 3.47. The number of carbonyl (C=O) groups excluding carboxylic acids is 11. The lowest BCUT2D eigenvalue weighted by Crippen LogP contribution is -2.63. The number of amides is 11. The van der Waals surface area contributed by atoms with Crippen LogP contribution in [0.3, 0.4) is 0 Å². The van der Waals surface area contributed by atoms with Gasteiger partial charge in [0.05, 0.1) is 12.6 Å². The van der Waals surface area contributed by atoms with E-state index < -0.39 is 156 Å². The molecule has 6 N–H and O–H groups in total.